The van der Waals surface area contributed by atoms with E-state index in [1.54, 1.807) is 11.3 Å². The van der Waals surface area contributed by atoms with E-state index in [0.717, 1.165) is 35.9 Å². The number of hydrogen-bond acceptors (Lipinski definition) is 5. The summed E-state index contributed by atoms with van der Waals surface area (Å²) in [6.07, 6.45) is 3.24. The van der Waals surface area contributed by atoms with Gasteiger partial charge in [-0.3, -0.25) is 0 Å². The van der Waals surface area contributed by atoms with E-state index in [2.05, 4.69) is 10.2 Å². The molecule has 5 heteroatoms. The summed E-state index contributed by atoms with van der Waals surface area (Å²) in [6, 6.07) is 0. The molecule has 2 heterocycles. The number of ether oxygens (including phenoxy) is 1. The van der Waals surface area contributed by atoms with E-state index >= 15 is 0 Å². The third-order valence-electron chi connectivity index (χ3n) is 2.05. The van der Waals surface area contributed by atoms with Crippen molar-refractivity contribution in [2.75, 3.05) is 13.2 Å². The fraction of sp³-hybridized carbons (Fsp3) is 0.750. The Hall–Kier alpha value is -0.520. The summed E-state index contributed by atoms with van der Waals surface area (Å²) in [6.45, 7) is 1.50. The molecule has 0 saturated carbocycles. The van der Waals surface area contributed by atoms with Crippen LogP contribution in [0, 0.1) is 0 Å². The minimum Gasteiger partial charge on any atom is -0.371 e. The smallest absolute Gasteiger partial charge is 0.146 e. The highest BCUT2D eigenvalue weighted by atomic mass is 32.1. The van der Waals surface area contributed by atoms with Gasteiger partial charge in [0.05, 0.1) is 0 Å². The second-order valence-corrected chi connectivity index (χ2v) is 4.17. The molecule has 2 N–H and O–H groups in total. The molecule has 0 aliphatic carbocycles. The average Bonchev–Trinajstić information content (AvgIpc) is 2.70. The van der Waals surface area contributed by atoms with Gasteiger partial charge < -0.3 is 10.5 Å². The Morgan fingerprint density at radius 1 is 1.54 bits per heavy atom. The first-order chi connectivity index (χ1) is 6.40. The standard InChI is InChI=1S/C8H13N3OS/c9-4-3-7-10-11-8(13-7)6-2-1-5-12-6/h6H,1-5,9H2. The number of rotatable bonds is 3. The highest BCUT2D eigenvalue weighted by molar-refractivity contribution is 7.11. The Labute approximate surface area is 81.1 Å². The molecule has 0 radical (unpaired) electrons. The molecule has 1 atom stereocenters. The van der Waals surface area contributed by atoms with Crippen molar-refractivity contribution in [1.29, 1.82) is 0 Å². The monoisotopic (exact) mass is 199 g/mol. The second-order valence-electron chi connectivity index (χ2n) is 3.07. The van der Waals surface area contributed by atoms with Gasteiger partial charge in [-0.2, -0.15) is 0 Å². The van der Waals surface area contributed by atoms with Crippen LogP contribution in [-0.2, 0) is 11.2 Å². The maximum atomic E-state index is 5.51. The van der Waals surface area contributed by atoms with Gasteiger partial charge >= 0.3 is 0 Å². The molecule has 1 saturated heterocycles. The number of aromatic nitrogens is 2. The Morgan fingerprint density at radius 3 is 3.15 bits per heavy atom. The maximum Gasteiger partial charge on any atom is 0.146 e. The first kappa shape index (κ1) is 9.05. The van der Waals surface area contributed by atoms with Crippen molar-refractivity contribution in [3.8, 4) is 0 Å². The fourth-order valence-electron chi connectivity index (χ4n) is 1.39. The maximum absolute atomic E-state index is 5.51. The average molecular weight is 199 g/mol. The summed E-state index contributed by atoms with van der Waals surface area (Å²) >= 11 is 1.63. The third kappa shape index (κ3) is 2.04. The van der Waals surface area contributed by atoms with Crippen LogP contribution in [0.2, 0.25) is 0 Å². The number of nitrogens with zero attached hydrogens (tertiary/aromatic N) is 2. The van der Waals surface area contributed by atoms with Gasteiger partial charge in [-0.1, -0.05) is 11.3 Å². The molecule has 1 fully saturated rings. The van der Waals surface area contributed by atoms with Crippen molar-refractivity contribution < 1.29 is 4.74 Å². The van der Waals surface area contributed by atoms with Crippen molar-refractivity contribution in [3.05, 3.63) is 10.0 Å². The SMILES string of the molecule is NCCc1nnc(C2CCCO2)s1. The molecule has 0 spiro atoms. The van der Waals surface area contributed by atoms with Crippen LogP contribution < -0.4 is 5.73 Å². The molecule has 72 valence electrons. The highest BCUT2D eigenvalue weighted by Crippen LogP contribution is 2.30. The Bertz CT molecular complexity index is 270. The lowest BCUT2D eigenvalue weighted by molar-refractivity contribution is 0.111. The number of nitrogens with two attached hydrogens (primary N) is 1. The van der Waals surface area contributed by atoms with Crippen LogP contribution in [0.25, 0.3) is 0 Å². The second kappa shape index (κ2) is 4.13. The van der Waals surface area contributed by atoms with Crippen LogP contribution in [0.5, 0.6) is 0 Å². The van der Waals surface area contributed by atoms with Gasteiger partial charge in [0.15, 0.2) is 0 Å². The van der Waals surface area contributed by atoms with Crippen molar-refractivity contribution in [1.82, 2.24) is 10.2 Å². The summed E-state index contributed by atoms with van der Waals surface area (Å²) in [5.74, 6) is 0. The van der Waals surface area contributed by atoms with Crippen LogP contribution >= 0.6 is 11.3 Å². The molecule has 1 aliphatic rings. The quantitative estimate of drug-likeness (QED) is 0.785. The van der Waals surface area contributed by atoms with Gasteiger partial charge in [-0.15, -0.1) is 10.2 Å². The zero-order chi connectivity index (χ0) is 9.10. The first-order valence-corrected chi connectivity index (χ1v) is 5.36. The predicted octanol–water partition coefficient (Wildman–Crippen LogP) is 0.891. The molecule has 0 bridgehead atoms. The molecule has 0 aromatic carbocycles. The molecular weight excluding hydrogens is 186 g/mol. The van der Waals surface area contributed by atoms with Gasteiger partial charge in [0.2, 0.25) is 0 Å². The molecule has 1 aromatic heterocycles. The minimum absolute atomic E-state index is 0.198. The van der Waals surface area contributed by atoms with Crippen molar-refractivity contribution in [3.63, 3.8) is 0 Å². The molecule has 0 amide bonds. The number of hydrogen-bond donors (Lipinski definition) is 1. The van der Waals surface area contributed by atoms with Crippen LogP contribution in [0.3, 0.4) is 0 Å². The van der Waals surface area contributed by atoms with Crippen molar-refractivity contribution >= 4 is 11.3 Å². The van der Waals surface area contributed by atoms with E-state index in [9.17, 15) is 0 Å². The van der Waals surface area contributed by atoms with Crippen LogP contribution in [0.1, 0.15) is 29.0 Å². The zero-order valence-corrected chi connectivity index (χ0v) is 8.22. The zero-order valence-electron chi connectivity index (χ0n) is 7.40. The third-order valence-corrected chi connectivity index (χ3v) is 3.12. The summed E-state index contributed by atoms with van der Waals surface area (Å²) in [5.41, 5.74) is 5.43. The van der Waals surface area contributed by atoms with Crippen LogP contribution in [0.4, 0.5) is 0 Å². The van der Waals surface area contributed by atoms with E-state index in [4.69, 9.17) is 10.5 Å². The summed E-state index contributed by atoms with van der Waals surface area (Å²) in [4.78, 5) is 0. The summed E-state index contributed by atoms with van der Waals surface area (Å²) < 4.78 is 5.51. The van der Waals surface area contributed by atoms with Crippen LogP contribution in [-0.4, -0.2) is 23.3 Å². The van der Waals surface area contributed by atoms with E-state index in [1.807, 2.05) is 0 Å². The highest BCUT2D eigenvalue weighted by Gasteiger charge is 2.21. The fourth-order valence-corrected chi connectivity index (χ4v) is 2.34. The molecule has 13 heavy (non-hydrogen) atoms. The van der Waals surface area contributed by atoms with Crippen molar-refractivity contribution in [2.24, 2.45) is 5.73 Å². The topological polar surface area (TPSA) is 61.0 Å². The molecule has 1 aliphatic heterocycles. The van der Waals surface area contributed by atoms with Gasteiger partial charge in [-0.05, 0) is 19.4 Å². The first-order valence-electron chi connectivity index (χ1n) is 4.54. The lowest BCUT2D eigenvalue weighted by atomic mass is 10.2. The van der Waals surface area contributed by atoms with Gasteiger partial charge in [0, 0.05) is 13.0 Å². The molecule has 1 aromatic rings. The van der Waals surface area contributed by atoms with E-state index in [0.29, 0.717) is 6.54 Å². The minimum atomic E-state index is 0.198. The van der Waals surface area contributed by atoms with E-state index < -0.39 is 0 Å². The lowest BCUT2D eigenvalue weighted by Crippen LogP contribution is -2.01. The van der Waals surface area contributed by atoms with Crippen molar-refractivity contribution in [2.45, 2.75) is 25.4 Å². The Morgan fingerprint density at radius 2 is 2.46 bits per heavy atom. The predicted molar refractivity (Wildman–Crippen MR) is 50.6 cm³/mol. The molecule has 1 unspecified atom stereocenters. The van der Waals surface area contributed by atoms with Gasteiger partial charge in [0.1, 0.15) is 16.1 Å². The molecule has 4 nitrogen and oxygen atoms in total. The van der Waals surface area contributed by atoms with E-state index in [-0.39, 0.29) is 6.10 Å². The summed E-state index contributed by atoms with van der Waals surface area (Å²) in [5, 5.41) is 10.2. The molecular formula is C8H13N3OS. The van der Waals surface area contributed by atoms with Gasteiger partial charge in [0.25, 0.3) is 0 Å². The summed E-state index contributed by atoms with van der Waals surface area (Å²) in [7, 11) is 0. The Balaban J connectivity index is 2.03. The van der Waals surface area contributed by atoms with Crippen LogP contribution in [0.15, 0.2) is 0 Å². The van der Waals surface area contributed by atoms with E-state index in [1.165, 1.54) is 0 Å². The molecule has 2 rings (SSSR count). The lowest BCUT2D eigenvalue weighted by Gasteiger charge is -2.01. The normalized spacial score (nSPS) is 22.4. The Kier molecular flexibility index (Phi) is 2.87. The largest absolute Gasteiger partial charge is 0.371 e. The van der Waals surface area contributed by atoms with Gasteiger partial charge in [-0.25, -0.2) is 0 Å².